The van der Waals surface area contributed by atoms with Crippen LogP contribution in [-0.4, -0.2) is 33.4 Å². The Labute approximate surface area is 164 Å². The minimum Gasteiger partial charge on any atom is -0.462 e. The molecule has 1 aliphatic heterocycles. The zero-order valence-electron chi connectivity index (χ0n) is 16.4. The molecule has 0 fully saturated rings. The van der Waals surface area contributed by atoms with E-state index in [0.29, 0.717) is 30.5 Å². The highest BCUT2D eigenvalue weighted by Gasteiger charge is 2.22. The number of nitrogens with one attached hydrogen (secondary N) is 1. The van der Waals surface area contributed by atoms with Crippen LogP contribution in [0.3, 0.4) is 0 Å². The van der Waals surface area contributed by atoms with E-state index in [4.69, 9.17) is 4.74 Å². The summed E-state index contributed by atoms with van der Waals surface area (Å²) in [5, 5.41) is 7.99. The molecule has 2 aromatic heterocycles. The number of pyridine rings is 1. The van der Waals surface area contributed by atoms with E-state index in [1.165, 1.54) is 11.3 Å². The van der Waals surface area contributed by atoms with Gasteiger partial charge in [0.25, 0.3) is 0 Å². The molecule has 28 heavy (non-hydrogen) atoms. The van der Waals surface area contributed by atoms with Crippen LogP contribution in [0.4, 0.5) is 5.69 Å². The third-order valence-corrected chi connectivity index (χ3v) is 5.04. The predicted octanol–water partition coefficient (Wildman–Crippen LogP) is 4.03. The largest absolute Gasteiger partial charge is 0.462 e. The van der Waals surface area contributed by atoms with Gasteiger partial charge in [0, 0.05) is 23.5 Å². The molecule has 3 aromatic rings. The van der Waals surface area contributed by atoms with Crippen LogP contribution in [0, 0.1) is 0 Å². The summed E-state index contributed by atoms with van der Waals surface area (Å²) in [6, 6.07) is 10.8. The molecule has 1 aromatic carbocycles. The van der Waals surface area contributed by atoms with Crippen LogP contribution in [0.5, 0.6) is 0 Å². The normalized spacial score (nSPS) is 15.2. The van der Waals surface area contributed by atoms with E-state index >= 15 is 0 Å². The highest BCUT2D eigenvalue weighted by Crippen LogP contribution is 2.36. The summed E-state index contributed by atoms with van der Waals surface area (Å²) >= 11 is 0. The number of esters is 1. The molecule has 0 aliphatic carbocycles. The van der Waals surface area contributed by atoms with Gasteiger partial charge in [-0.15, -0.1) is 0 Å². The summed E-state index contributed by atoms with van der Waals surface area (Å²) in [6.45, 7) is 6.32. The van der Waals surface area contributed by atoms with Crippen molar-refractivity contribution in [1.82, 2.24) is 14.8 Å². The molecule has 0 bridgehead atoms. The number of carbonyl (C=O) groups is 1. The molecule has 6 nitrogen and oxygen atoms in total. The number of hydrogen-bond donors (Lipinski definition) is 1. The van der Waals surface area contributed by atoms with Gasteiger partial charge in [0.15, 0.2) is 5.82 Å². The second-order valence-electron chi connectivity index (χ2n) is 6.98. The van der Waals surface area contributed by atoms with Crippen molar-refractivity contribution in [3.63, 3.8) is 0 Å². The zero-order chi connectivity index (χ0) is 19.7. The molecule has 0 saturated heterocycles. The van der Waals surface area contributed by atoms with Crippen LogP contribution in [-0.2, 0) is 17.6 Å². The van der Waals surface area contributed by atoms with Gasteiger partial charge >= 0.3 is 5.97 Å². The van der Waals surface area contributed by atoms with Crippen molar-refractivity contribution in [1.29, 1.82) is 0 Å². The van der Waals surface area contributed by atoms with E-state index in [9.17, 15) is 4.79 Å². The van der Waals surface area contributed by atoms with Gasteiger partial charge in [0.2, 0.25) is 0 Å². The topological polar surface area (TPSA) is 69.0 Å². The molecule has 6 heteroatoms. The minimum atomic E-state index is -0.346. The lowest BCUT2D eigenvalue weighted by Crippen LogP contribution is -2.10. The molecule has 1 N–H and O–H groups in total. The van der Waals surface area contributed by atoms with Gasteiger partial charge in [0.1, 0.15) is 5.56 Å². The Morgan fingerprint density at radius 3 is 2.96 bits per heavy atom. The molecule has 4 rings (SSSR count). The van der Waals surface area contributed by atoms with E-state index in [1.807, 2.05) is 19.1 Å². The number of hydrogen-bond acceptors (Lipinski definition) is 5. The first-order valence-corrected chi connectivity index (χ1v) is 9.71. The highest BCUT2D eigenvalue weighted by atomic mass is 16.5. The molecular formula is C22H24N4O2. The van der Waals surface area contributed by atoms with Gasteiger partial charge in [-0.3, -0.25) is 0 Å². The number of fused-ring (bicyclic) bond motifs is 1. The van der Waals surface area contributed by atoms with Crippen LogP contribution < -0.4 is 5.32 Å². The second-order valence-corrected chi connectivity index (χ2v) is 6.98. The predicted molar refractivity (Wildman–Crippen MR) is 109 cm³/mol. The summed E-state index contributed by atoms with van der Waals surface area (Å²) in [4.78, 5) is 16.7. The lowest BCUT2D eigenvalue weighted by atomic mass is 10.0. The Hall–Kier alpha value is -3.15. The van der Waals surface area contributed by atoms with Crippen LogP contribution in [0.2, 0.25) is 0 Å². The quantitative estimate of drug-likeness (QED) is 0.681. The van der Waals surface area contributed by atoms with Crippen LogP contribution in [0.25, 0.3) is 16.9 Å². The van der Waals surface area contributed by atoms with Gasteiger partial charge in [-0.1, -0.05) is 25.1 Å². The summed E-state index contributed by atoms with van der Waals surface area (Å²) in [5.74, 6) is 0.342. The summed E-state index contributed by atoms with van der Waals surface area (Å²) in [7, 11) is 0. The monoisotopic (exact) mass is 376 g/mol. The number of para-hydroxylation sites is 1. The molecular weight excluding hydrogens is 352 g/mol. The summed E-state index contributed by atoms with van der Waals surface area (Å²) < 4.78 is 6.88. The SMILES string of the molecule is CCOC(=O)c1cnn(-c2cc(-c3cccc4c3NC(C)C4)ccn2)c1CC. The fourth-order valence-corrected chi connectivity index (χ4v) is 3.80. The van der Waals surface area contributed by atoms with E-state index in [2.05, 4.69) is 40.5 Å². The Kier molecular flexibility index (Phi) is 4.86. The lowest BCUT2D eigenvalue weighted by Gasteiger charge is -2.12. The second kappa shape index (κ2) is 7.46. The summed E-state index contributed by atoms with van der Waals surface area (Å²) in [5.41, 5.74) is 6.04. The Bertz CT molecular complexity index is 1030. The number of carbonyl (C=O) groups excluding carboxylic acids is 1. The third-order valence-electron chi connectivity index (χ3n) is 5.04. The molecule has 0 amide bonds. The summed E-state index contributed by atoms with van der Waals surface area (Å²) in [6.07, 6.45) is 5.03. The number of nitrogens with zero attached hydrogens (tertiary/aromatic N) is 3. The van der Waals surface area contributed by atoms with Crippen molar-refractivity contribution < 1.29 is 9.53 Å². The Balaban J connectivity index is 1.76. The maximum atomic E-state index is 12.2. The number of benzene rings is 1. The van der Waals surface area contributed by atoms with E-state index in [-0.39, 0.29) is 5.97 Å². The van der Waals surface area contributed by atoms with Crippen molar-refractivity contribution in [3.8, 4) is 16.9 Å². The smallest absolute Gasteiger partial charge is 0.341 e. The van der Waals surface area contributed by atoms with Crippen molar-refractivity contribution in [2.45, 2.75) is 39.7 Å². The average molecular weight is 376 g/mol. The van der Waals surface area contributed by atoms with Crippen molar-refractivity contribution in [2.75, 3.05) is 11.9 Å². The number of ether oxygens (including phenoxy) is 1. The lowest BCUT2D eigenvalue weighted by molar-refractivity contribution is 0.0525. The maximum Gasteiger partial charge on any atom is 0.341 e. The van der Waals surface area contributed by atoms with Crippen molar-refractivity contribution >= 4 is 11.7 Å². The van der Waals surface area contributed by atoms with Crippen LogP contribution in [0.1, 0.15) is 42.4 Å². The molecule has 144 valence electrons. The fraction of sp³-hybridized carbons (Fsp3) is 0.318. The molecule has 3 heterocycles. The van der Waals surface area contributed by atoms with Gasteiger partial charge in [0.05, 0.1) is 18.5 Å². The molecule has 0 saturated carbocycles. The van der Waals surface area contributed by atoms with E-state index in [1.54, 1.807) is 24.0 Å². The Morgan fingerprint density at radius 1 is 1.32 bits per heavy atom. The number of anilines is 1. The first-order valence-electron chi connectivity index (χ1n) is 9.71. The van der Waals surface area contributed by atoms with E-state index in [0.717, 1.165) is 23.2 Å². The third kappa shape index (κ3) is 3.15. The van der Waals surface area contributed by atoms with Crippen LogP contribution >= 0.6 is 0 Å². The molecule has 0 spiro atoms. The first-order chi connectivity index (χ1) is 13.6. The molecule has 1 atom stereocenters. The minimum absolute atomic E-state index is 0.339. The first kappa shape index (κ1) is 18.2. The molecule has 0 radical (unpaired) electrons. The van der Waals surface area contributed by atoms with Crippen molar-refractivity contribution in [2.24, 2.45) is 0 Å². The van der Waals surface area contributed by atoms with Gasteiger partial charge in [-0.2, -0.15) is 5.10 Å². The van der Waals surface area contributed by atoms with Gasteiger partial charge < -0.3 is 10.1 Å². The molecule has 1 aliphatic rings. The van der Waals surface area contributed by atoms with Gasteiger partial charge in [-0.05, 0) is 49.9 Å². The van der Waals surface area contributed by atoms with Crippen molar-refractivity contribution in [3.05, 3.63) is 59.5 Å². The van der Waals surface area contributed by atoms with Gasteiger partial charge in [-0.25, -0.2) is 14.5 Å². The standard InChI is InChI=1S/C22H24N4O2/c1-4-19-18(22(27)28-5-2)13-24-26(19)20-12-15(9-10-23-20)17-8-6-7-16-11-14(3)25-21(16)17/h6-10,12-14,25H,4-5,11H2,1-3H3. The highest BCUT2D eigenvalue weighted by molar-refractivity contribution is 5.90. The zero-order valence-corrected chi connectivity index (χ0v) is 16.4. The average Bonchev–Trinajstić information content (AvgIpc) is 3.30. The number of rotatable bonds is 5. The Morgan fingerprint density at radius 2 is 2.18 bits per heavy atom. The number of aromatic nitrogens is 3. The molecule has 1 unspecified atom stereocenters. The van der Waals surface area contributed by atoms with E-state index < -0.39 is 0 Å². The van der Waals surface area contributed by atoms with Crippen LogP contribution in [0.15, 0.2) is 42.7 Å². The fourth-order valence-electron chi connectivity index (χ4n) is 3.80. The maximum absolute atomic E-state index is 12.2.